The second-order valence-corrected chi connectivity index (χ2v) is 11.1. The topological polar surface area (TPSA) is 209 Å². The van der Waals surface area contributed by atoms with E-state index in [-0.39, 0.29) is 98.2 Å². The summed E-state index contributed by atoms with van der Waals surface area (Å²) in [7, 11) is -9.42. The first-order valence-electron chi connectivity index (χ1n) is 10.4. The molecular weight excluding hydrogens is 606 g/mol. The van der Waals surface area contributed by atoms with Gasteiger partial charge in [-0.3, -0.25) is 13.9 Å². The van der Waals surface area contributed by atoms with E-state index in [4.69, 9.17) is 17.3 Å². The molecule has 4 rings (SSSR count). The normalized spacial score (nSPS) is 11.6. The summed E-state index contributed by atoms with van der Waals surface area (Å²) in [6, 6.07) is 14.0. The average molecular weight is 623 g/mol. The van der Waals surface area contributed by atoms with Crippen molar-refractivity contribution in [2.45, 2.75) is 9.79 Å². The van der Waals surface area contributed by atoms with Crippen LogP contribution in [0, 0.1) is 0 Å². The summed E-state index contributed by atoms with van der Waals surface area (Å²) in [4.78, 5) is 11.4. The quantitative estimate of drug-likeness (QED) is 0.0902. The summed E-state index contributed by atoms with van der Waals surface area (Å²) >= 11 is 5.91. The zero-order chi connectivity index (χ0) is 27.8. The van der Waals surface area contributed by atoms with Crippen LogP contribution in [0.15, 0.2) is 86.7 Å². The largest absolute Gasteiger partial charge is 0.507 e. The maximum Gasteiger partial charge on any atom is 0.296 e. The molecule has 0 aliphatic rings. The number of hydrogen-bond donors (Lipinski definition) is 5. The number of carbonyl (C=O) groups is 1. The van der Waals surface area contributed by atoms with Crippen molar-refractivity contribution in [2.75, 3.05) is 11.1 Å². The number of azo groups is 1. The number of nitrogens with one attached hydrogen (secondary N) is 1. The van der Waals surface area contributed by atoms with E-state index in [2.05, 4.69) is 15.5 Å². The van der Waals surface area contributed by atoms with Crippen LogP contribution in [-0.2, 0) is 20.2 Å². The Hall–Kier alpha value is -2.08. The number of nitrogens with two attached hydrogens (primary N) is 1. The molecule has 0 aliphatic heterocycles. The number of aromatic hydroxyl groups is 1. The molecule has 0 spiro atoms. The number of anilines is 2. The van der Waals surface area contributed by atoms with E-state index in [0.717, 1.165) is 24.3 Å². The van der Waals surface area contributed by atoms with Crippen molar-refractivity contribution in [2.24, 2.45) is 10.2 Å². The Balaban J connectivity index is 0.00000280. The van der Waals surface area contributed by atoms with E-state index in [1.807, 2.05) is 0 Å². The SMILES string of the molecule is Nc1ccc2cc(S(=O)(=O)O)cc(O)c2c1N=Nc1cc(NC(=O)c2cccc(Cl)c2)ccc1S(=O)(=O)O.[Na].[Na]. The third kappa shape index (κ3) is 7.80. The van der Waals surface area contributed by atoms with Gasteiger partial charge in [0.15, 0.2) is 0 Å². The molecule has 17 heteroatoms. The van der Waals surface area contributed by atoms with Crippen LogP contribution in [0.25, 0.3) is 10.8 Å². The van der Waals surface area contributed by atoms with Crippen LogP contribution in [-0.4, -0.2) is 96.1 Å². The maximum atomic E-state index is 12.6. The van der Waals surface area contributed by atoms with E-state index >= 15 is 0 Å². The van der Waals surface area contributed by atoms with Crippen LogP contribution >= 0.6 is 11.6 Å². The van der Waals surface area contributed by atoms with Gasteiger partial charge in [-0.1, -0.05) is 23.7 Å². The number of nitrogen functional groups attached to an aromatic ring is 1. The van der Waals surface area contributed by atoms with Gasteiger partial charge in [0.25, 0.3) is 26.1 Å². The molecule has 4 aromatic rings. The van der Waals surface area contributed by atoms with Crippen LogP contribution < -0.4 is 11.1 Å². The first-order chi connectivity index (χ1) is 17.7. The smallest absolute Gasteiger partial charge is 0.296 e. The van der Waals surface area contributed by atoms with Crippen LogP contribution in [0.4, 0.5) is 22.7 Å². The van der Waals surface area contributed by atoms with Crippen molar-refractivity contribution in [3.8, 4) is 5.75 Å². The number of nitrogens with zero attached hydrogens (tertiary/aromatic N) is 2. The van der Waals surface area contributed by atoms with E-state index in [1.165, 1.54) is 30.3 Å². The fourth-order valence-corrected chi connectivity index (χ4v) is 4.83. The van der Waals surface area contributed by atoms with Crippen molar-refractivity contribution in [1.82, 2.24) is 0 Å². The minimum atomic E-state index is -4.78. The van der Waals surface area contributed by atoms with Crippen molar-refractivity contribution < 1.29 is 35.8 Å². The second kappa shape index (κ2) is 13.3. The Morgan fingerprint density at radius 1 is 0.875 bits per heavy atom. The molecule has 0 unspecified atom stereocenters. The molecule has 0 aliphatic carbocycles. The number of fused-ring (bicyclic) bond motifs is 1. The molecule has 198 valence electrons. The molecule has 0 atom stereocenters. The fraction of sp³-hybridized carbons (Fsp3) is 0. The van der Waals surface area contributed by atoms with Crippen LogP contribution in [0.1, 0.15) is 10.4 Å². The molecule has 1 amide bonds. The molecule has 0 heterocycles. The number of amides is 1. The zero-order valence-electron chi connectivity index (χ0n) is 20.9. The van der Waals surface area contributed by atoms with Gasteiger partial charge in [-0.2, -0.15) is 16.8 Å². The monoisotopic (exact) mass is 622 g/mol. The van der Waals surface area contributed by atoms with Crippen LogP contribution in [0.5, 0.6) is 5.75 Å². The van der Waals surface area contributed by atoms with Gasteiger partial charge in [0, 0.05) is 81.5 Å². The van der Waals surface area contributed by atoms with Gasteiger partial charge in [-0.25, -0.2) is 0 Å². The van der Waals surface area contributed by atoms with Gasteiger partial charge in [0.05, 0.1) is 16.0 Å². The molecule has 6 N–H and O–H groups in total. The predicted molar refractivity (Wildman–Crippen MR) is 151 cm³/mol. The number of rotatable bonds is 6. The fourth-order valence-electron chi connectivity index (χ4n) is 3.50. The van der Waals surface area contributed by atoms with Gasteiger partial charge in [0.2, 0.25) is 0 Å². The summed E-state index contributed by atoms with van der Waals surface area (Å²) in [6.45, 7) is 0. The van der Waals surface area contributed by atoms with Gasteiger partial charge >= 0.3 is 0 Å². The third-order valence-corrected chi connectivity index (χ3v) is 7.18. The average Bonchev–Trinajstić information content (AvgIpc) is 2.82. The number of phenolic OH excluding ortho intramolecular Hbond substituents is 1. The Morgan fingerprint density at radius 2 is 1.57 bits per heavy atom. The van der Waals surface area contributed by atoms with E-state index in [9.17, 15) is 35.8 Å². The zero-order valence-corrected chi connectivity index (χ0v) is 27.3. The second-order valence-electron chi connectivity index (χ2n) is 7.84. The Bertz CT molecular complexity index is 1870. The van der Waals surface area contributed by atoms with E-state index in [1.54, 1.807) is 12.1 Å². The van der Waals surface area contributed by atoms with E-state index in [0.29, 0.717) is 5.02 Å². The Labute approximate surface area is 277 Å². The molecule has 0 bridgehead atoms. The van der Waals surface area contributed by atoms with Crippen molar-refractivity contribution in [3.63, 3.8) is 0 Å². The molecule has 4 aromatic carbocycles. The van der Waals surface area contributed by atoms with Crippen molar-refractivity contribution in [1.29, 1.82) is 0 Å². The number of halogens is 1. The molecule has 0 saturated carbocycles. The van der Waals surface area contributed by atoms with Gasteiger partial charge < -0.3 is 16.2 Å². The van der Waals surface area contributed by atoms with Crippen molar-refractivity contribution >= 4 is 130 Å². The number of hydrogen-bond acceptors (Lipinski definition) is 9. The number of benzene rings is 4. The van der Waals surface area contributed by atoms with Crippen molar-refractivity contribution in [3.05, 3.63) is 77.3 Å². The third-order valence-electron chi connectivity index (χ3n) is 5.21. The van der Waals surface area contributed by atoms with Crippen LogP contribution in [0.3, 0.4) is 0 Å². The Kier molecular flexibility index (Phi) is 11.3. The summed E-state index contributed by atoms with van der Waals surface area (Å²) in [5.74, 6) is -1.17. The molecule has 0 saturated heterocycles. The Morgan fingerprint density at radius 3 is 2.20 bits per heavy atom. The van der Waals surface area contributed by atoms with Gasteiger partial charge in [0.1, 0.15) is 22.0 Å². The molecule has 40 heavy (non-hydrogen) atoms. The summed E-state index contributed by atoms with van der Waals surface area (Å²) in [5, 5.41) is 21.2. The predicted octanol–water partition coefficient (Wildman–Crippen LogP) is 4.18. The maximum absolute atomic E-state index is 12.6. The molecule has 0 aromatic heterocycles. The molecule has 12 nitrogen and oxygen atoms in total. The summed E-state index contributed by atoms with van der Waals surface area (Å²) in [6.07, 6.45) is 0. The number of phenols is 1. The van der Waals surface area contributed by atoms with Gasteiger partial charge in [-0.15, -0.1) is 10.2 Å². The van der Waals surface area contributed by atoms with Crippen LogP contribution in [0.2, 0.25) is 5.02 Å². The molecule has 0 fully saturated rings. The first kappa shape index (κ1) is 34.1. The minimum Gasteiger partial charge on any atom is -0.507 e. The van der Waals surface area contributed by atoms with E-state index < -0.39 is 41.7 Å². The standard InChI is InChI=1S/C23H17ClN4O8S2.2Na/c24-14-3-1-2-13(8-14)23(30)26-15-5-7-20(38(34,35)36)18(10-15)27-28-22-17(25)6-4-12-9-16(37(31,32)33)11-19(29)21(12)22;;/h1-11,29H,25H2,(H,26,30)(H,31,32,33)(H,34,35,36);;. The summed E-state index contributed by atoms with van der Waals surface area (Å²) < 4.78 is 65.8. The van der Waals surface area contributed by atoms with Gasteiger partial charge in [-0.05, 0) is 53.9 Å². The molecule has 2 radical (unpaired) electrons. The molecular formula is C23H17ClN4Na2O8S2. The summed E-state index contributed by atoms with van der Waals surface area (Å²) in [5.41, 5.74) is 5.73. The minimum absolute atomic E-state index is 0. The first-order valence-corrected chi connectivity index (χ1v) is 13.6. The number of carbonyl (C=O) groups excluding carboxylic acids is 1.